The minimum Gasteiger partial charge on any atom is -0.444 e. The fourth-order valence-electron chi connectivity index (χ4n) is 0.963. The minimum absolute atomic E-state index is 0.105. The normalized spacial score (nSPS) is 11.1. The average molecular weight is 321 g/mol. The molecular formula is C10H13BrN2O3S. The second-order valence-corrected chi connectivity index (χ2v) is 6.07. The van der Waals surface area contributed by atoms with Crippen LogP contribution in [0.3, 0.4) is 0 Å². The van der Waals surface area contributed by atoms with Gasteiger partial charge in [-0.1, -0.05) is 11.3 Å². The molecule has 1 aromatic heterocycles. The molecule has 1 rings (SSSR count). The van der Waals surface area contributed by atoms with Gasteiger partial charge >= 0.3 is 6.09 Å². The van der Waals surface area contributed by atoms with Gasteiger partial charge in [-0.3, -0.25) is 10.1 Å². The van der Waals surface area contributed by atoms with E-state index in [0.29, 0.717) is 14.6 Å². The van der Waals surface area contributed by atoms with E-state index >= 15 is 0 Å². The van der Waals surface area contributed by atoms with Gasteiger partial charge in [0.15, 0.2) is 10.9 Å². The van der Waals surface area contributed by atoms with Crippen LogP contribution >= 0.6 is 27.3 Å². The Balaban J connectivity index is 2.73. The van der Waals surface area contributed by atoms with Gasteiger partial charge in [0, 0.05) is 6.92 Å². The largest absolute Gasteiger partial charge is 0.444 e. The summed E-state index contributed by atoms with van der Waals surface area (Å²) in [6, 6.07) is 0. The van der Waals surface area contributed by atoms with Crippen molar-refractivity contribution < 1.29 is 14.3 Å². The van der Waals surface area contributed by atoms with E-state index in [4.69, 9.17) is 4.74 Å². The maximum absolute atomic E-state index is 11.5. The first-order valence-corrected chi connectivity index (χ1v) is 6.47. The molecule has 1 heterocycles. The second-order valence-electron chi connectivity index (χ2n) is 4.32. The Morgan fingerprint density at radius 3 is 2.41 bits per heavy atom. The van der Waals surface area contributed by atoms with Crippen LogP contribution in [0.25, 0.3) is 0 Å². The Morgan fingerprint density at radius 1 is 1.41 bits per heavy atom. The molecule has 0 fully saturated rings. The van der Waals surface area contributed by atoms with Crippen molar-refractivity contribution in [3.05, 3.63) is 9.48 Å². The summed E-state index contributed by atoms with van der Waals surface area (Å²) in [5.41, 5.74) is -0.567. The molecule has 0 saturated carbocycles. The lowest BCUT2D eigenvalue weighted by atomic mass is 10.2. The highest BCUT2D eigenvalue weighted by Gasteiger charge is 2.19. The fourth-order valence-corrected chi connectivity index (χ4v) is 2.52. The SMILES string of the molecule is CC(=O)c1sc(NC(=O)OC(C)(C)C)nc1Br. The zero-order valence-electron chi connectivity index (χ0n) is 9.96. The van der Waals surface area contributed by atoms with Gasteiger partial charge in [0.2, 0.25) is 0 Å². The second kappa shape index (κ2) is 5.14. The Hall–Kier alpha value is -0.950. The number of nitrogens with one attached hydrogen (secondary N) is 1. The monoisotopic (exact) mass is 320 g/mol. The van der Waals surface area contributed by atoms with Crippen LogP contribution in [-0.4, -0.2) is 22.5 Å². The predicted molar refractivity (Wildman–Crippen MR) is 69.7 cm³/mol. The summed E-state index contributed by atoms with van der Waals surface area (Å²) in [6.07, 6.45) is -0.589. The van der Waals surface area contributed by atoms with Gasteiger partial charge in [-0.25, -0.2) is 9.78 Å². The van der Waals surface area contributed by atoms with Crippen LogP contribution in [0.1, 0.15) is 37.4 Å². The van der Waals surface area contributed by atoms with Gasteiger partial charge in [0.25, 0.3) is 0 Å². The van der Waals surface area contributed by atoms with E-state index in [9.17, 15) is 9.59 Å². The summed E-state index contributed by atoms with van der Waals surface area (Å²) >= 11 is 4.26. The number of ketones is 1. The van der Waals surface area contributed by atoms with Gasteiger partial charge in [0.05, 0.1) is 0 Å². The Kier molecular flexibility index (Phi) is 4.26. The number of carbonyl (C=O) groups is 2. The van der Waals surface area contributed by atoms with Crippen molar-refractivity contribution in [1.29, 1.82) is 0 Å². The number of ether oxygens (including phenoxy) is 1. The Morgan fingerprint density at radius 2 is 2.00 bits per heavy atom. The molecular weight excluding hydrogens is 308 g/mol. The van der Waals surface area contributed by atoms with Crippen molar-refractivity contribution in [1.82, 2.24) is 4.98 Å². The molecule has 0 aliphatic rings. The molecule has 0 saturated heterocycles. The standard InChI is InChI=1S/C10H13BrN2O3S/c1-5(14)6-7(11)12-8(17-6)13-9(15)16-10(2,3)4/h1-4H3,(H,12,13,15). The molecule has 5 nitrogen and oxygen atoms in total. The van der Waals surface area contributed by atoms with E-state index < -0.39 is 11.7 Å². The van der Waals surface area contributed by atoms with E-state index in [1.165, 1.54) is 6.92 Å². The Labute approximate surface area is 112 Å². The molecule has 0 radical (unpaired) electrons. The lowest BCUT2D eigenvalue weighted by Crippen LogP contribution is -2.27. The van der Waals surface area contributed by atoms with Gasteiger partial charge < -0.3 is 4.74 Å². The highest BCUT2D eigenvalue weighted by Crippen LogP contribution is 2.27. The van der Waals surface area contributed by atoms with Crippen molar-refractivity contribution in [3.63, 3.8) is 0 Å². The summed E-state index contributed by atoms with van der Waals surface area (Å²) in [4.78, 5) is 27.1. The smallest absolute Gasteiger partial charge is 0.413 e. The van der Waals surface area contributed by atoms with Crippen molar-refractivity contribution in [3.8, 4) is 0 Å². The number of anilines is 1. The number of nitrogens with zero attached hydrogens (tertiary/aromatic N) is 1. The molecule has 0 aromatic carbocycles. The molecule has 0 aliphatic heterocycles. The van der Waals surface area contributed by atoms with E-state index in [1.807, 2.05) is 0 Å². The van der Waals surface area contributed by atoms with Crippen molar-refractivity contribution >= 4 is 44.3 Å². The first-order valence-electron chi connectivity index (χ1n) is 4.86. The molecule has 0 spiro atoms. The lowest BCUT2D eigenvalue weighted by Gasteiger charge is -2.18. The topological polar surface area (TPSA) is 68.3 Å². The van der Waals surface area contributed by atoms with E-state index in [1.54, 1.807) is 20.8 Å². The third kappa shape index (κ3) is 4.43. The van der Waals surface area contributed by atoms with Gasteiger partial charge in [-0.2, -0.15) is 0 Å². The first-order chi connectivity index (χ1) is 7.69. The van der Waals surface area contributed by atoms with Crippen LogP contribution in [0.15, 0.2) is 4.60 Å². The van der Waals surface area contributed by atoms with Crippen LogP contribution in [0.5, 0.6) is 0 Å². The fraction of sp³-hybridized carbons (Fsp3) is 0.500. The van der Waals surface area contributed by atoms with Gasteiger partial charge in [-0.05, 0) is 36.7 Å². The number of thiazole rings is 1. The molecule has 1 aromatic rings. The van der Waals surface area contributed by atoms with E-state index in [-0.39, 0.29) is 5.78 Å². The quantitative estimate of drug-likeness (QED) is 0.847. The highest BCUT2D eigenvalue weighted by atomic mass is 79.9. The molecule has 0 unspecified atom stereocenters. The summed E-state index contributed by atoms with van der Waals surface area (Å²) in [6.45, 7) is 6.75. The Bertz CT molecular complexity index is 451. The molecule has 0 bridgehead atoms. The van der Waals surface area contributed by atoms with Crippen LogP contribution in [0.4, 0.5) is 9.93 Å². The predicted octanol–water partition coefficient (Wildman–Crippen LogP) is 3.46. The molecule has 7 heteroatoms. The third-order valence-electron chi connectivity index (χ3n) is 1.51. The minimum atomic E-state index is -0.589. The number of carbonyl (C=O) groups excluding carboxylic acids is 2. The molecule has 0 atom stereocenters. The number of hydrogen-bond donors (Lipinski definition) is 1. The van der Waals surface area contributed by atoms with Gasteiger partial charge in [-0.15, -0.1) is 0 Å². The number of rotatable bonds is 2. The zero-order chi connectivity index (χ0) is 13.2. The highest BCUT2D eigenvalue weighted by molar-refractivity contribution is 9.10. The molecule has 17 heavy (non-hydrogen) atoms. The molecule has 1 N–H and O–H groups in total. The average Bonchev–Trinajstić information content (AvgIpc) is 2.42. The maximum atomic E-state index is 11.5. The van der Waals surface area contributed by atoms with Crippen molar-refractivity contribution in [2.45, 2.75) is 33.3 Å². The van der Waals surface area contributed by atoms with Crippen molar-refractivity contribution in [2.24, 2.45) is 0 Å². The van der Waals surface area contributed by atoms with Crippen LogP contribution in [-0.2, 0) is 4.74 Å². The molecule has 0 aliphatic carbocycles. The van der Waals surface area contributed by atoms with Crippen LogP contribution in [0.2, 0.25) is 0 Å². The zero-order valence-corrected chi connectivity index (χ0v) is 12.4. The number of aromatic nitrogens is 1. The third-order valence-corrected chi connectivity index (χ3v) is 3.42. The maximum Gasteiger partial charge on any atom is 0.413 e. The van der Waals surface area contributed by atoms with E-state index in [2.05, 4.69) is 26.2 Å². The number of amides is 1. The molecule has 1 amide bonds. The number of hydrogen-bond acceptors (Lipinski definition) is 5. The summed E-state index contributed by atoms with van der Waals surface area (Å²) in [7, 11) is 0. The summed E-state index contributed by atoms with van der Waals surface area (Å²) in [5, 5.41) is 2.81. The summed E-state index contributed by atoms with van der Waals surface area (Å²) < 4.78 is 5.50. The van der Waals surface area contributed by atoms with Gasteiger partial charge in [0.1, 0.15) is 15.1 Å². The van der Waals surface area contributed by atoms with E-state index in [0.717, 1.165) is 11.3 Å². The van der Waals surface area contributed by atoms with Crippen molar-refractivity contribution in [2.75, 3.05) is 5.32 Å². The summed E-state index contributed by atoms with van der Waals surface area (Å²) in [5.74, 6) is -0.105. The number of halogens is 1. The lowest BCUT2D eigenvalue weighted by molar-refractivity contribution is 0.0635. The molecule has 94 valence electrons. The number of Topliss-reactive ketones (excluding diaryl/α,β-unsaturated/α-hetero) is 1. The van der Waals surface area contributed by atoms with Crippen LogP contribution < -0.4 is 5.32 Å². The first kappa shape index (κ1) is 14.1. The van der Waals surface area contributed by atoms with Crippen LogP contribution in [0, 0.1) is 0 Å².